The summed E-state index contributed by atoms with van der Waals surface area (Å²) in [5.41, 5.74) is 0.985. The zero-order chi connectivity index (χ0) is 14.4. The van der Waals surface area contributed by atoms with Gasteiger partial charge in [0.1, 0.15) is 18.3 Å². The second-order valence-corrected chi connectivity index (χ2v) is 6.62. The molecule has 5 unspecified atom stereocenters. The zero-order valence-electron chi connectivity index (χ0n) is 12.0. The average molecular weight is 287 g/mol. The molecule has 2 N–H and O–H groups in total. The Kier molecular flexibility index (Phi) is 3.14. The normalized spacial score (nSPS) is 36.3. The zero-order valence-corrected chi connectivity index (χ0v) is 12.0. The molecule has 3 aliphatic rings. The molecule has 0 spiro atoms. The molecule has 21 heavy (non-hydrogen) atoms. The lowest BCUT2D eigenvalue weighted by Gasteiger charge is -2.31. The summed E-state index contributed by atoms with van der Waals surface area (Å²) < 4.78 is 5.60. The topological polar surface area (TPSA) is 58.6 Å². The summed E-state index contributed by atoms with van der Waals surface area (Å²) in [6.45, 7) is 0.611. The van der Waals surface area contributed by atoms with Crippen LogP contribution in [-0.2, 0) is 4.79 Å². The van der Waals surface area contributed by atoms with Crippen LogP contribution >= 0.6 is 0 Å². The Balaban J connectivity index is 1.50. The van der Waals surface area contributed by atoms with Gasteiger partial charge in [0.05, 0.1) is 0 Å². The average Bonchev–Trinajstić information content (AvgIpc) is 3.20. The number of para-hydroxylation sites is 1. The monoisotopic (exact) mass is 287 g/mol. The molecule has 4 rings (SSSR count). The van der Waals surface area contributed by atoms with E-state index < -0.39 is 0 Å². The number of fused-ring (bicyclic) bond motifs is 3. The van der Waals surface area contributed by atoms with Gasteiger partial charge < -0.3 is 15.2 Å². The minimum atomic E-state index is -0.209. The first-order valence-electron chi connectivity index (χ1n) is 7.91. The van der Waals surface area contributed by atoms with Crippen LogP contribution in [0.1, 0.15) is 30.7 Å². The van der Waals surface area contributed by atoms with Gasteiger partial charge in [0.25, 0.3) is 0 Å². The Labute approximate surface area is 124 Å². The first-order valence-corrected chi connectivity index (χ1v) is 7.91. The smallest absolute Gasteiger partial charge is 0.231 e. The molecule has 2 fully saturated rings. The number of hydrogen-bond donors (Lipinski definition) is 2. The van der Waals surface area contributed by atoms with E-state index in [4.69, 9.17) is 4.74 Å². The van der Waals surface area contributed by atoms with Crippen LogP contribution in [0.3, 0.4) is 0 Å². The highest BCUT2D eigenvalue weighted by atomic mass is 16.5. The molecule has 4 heteroatoms. The maximum atomic E-state index is 12.6. The van der Waals surface area contributed by atoms with Crippen molar-refractivity contribution in [2.75, 3.05) is 13.2 Å². The maximum Gasteiger partial charge on any atom is 0.231 e. The third kappa shape index (κ3) is 2.04. The number of benzene rings is 1. The van der Waals surface area contributed by atoms with Gasteiger partial charge >= 0.3 is 0 Å². The first kappa shape index (κ1) is 13.1. The molecule has 1 heterocycles. The van der Waals surface area contributed by atoms with E-state index in [1.165, 1.54) is 12.8 Å². The highest BCUT2D eigenvalue weighted by molar-refractivity contribution is 5.85. The number of aliphatic hydroxyl groups is 1. The molecule has 2 saturated carbocycles. The summed E-state index contributed by atoms with van der Waals surface area (Å²) >= 11 is 0. The number of hydrogen-bond acceptors (Lipinski definition) is 3. The molecule has 2 aliphatic carbocycles. The van der Waals surface area contributed by atoms with Crippen LogP contribution < -0.4 is 10.1 Å². The van der Waals surface area contributed by atoms with Crippen molar-refractivity contribution in [3.63, 3.8) is 0 Å². The quantitative estimate of drug-likeness (QED) is 0.889. The minimum Gasteiger partial charge on any atom is -0.492 e. The Bertz CT molecular complexity index is 559. The molecule has 0 aromatic heterocycles. The summed E-state index contributed by atoms with van der Waals surface area (Å²) in [4.78, 5) is 12.6. The summed E-state index contributed by atoms with van der Waals surface area (Å²) in [6, 6.07) is 7.90. The van der Waals surface area contributed by atoms with E-state index in [-0.39, 0.29) is 30.4 Å². The van der Waals surface area contributed by atoms with Crippen molar-refractivity contribution in [2.45, 2.75) is 31.2 Å². The molecular weight excluding hydrogens is 266 g/mol. The van der Waals surface area contributed by atoms with E-state index in [0.29, 0.717) is 18.4 Å². The van der Waals surface area contributed by atoms with E-state index in [9.17, 15) is 9.90 Å². The number of aliphatic hydroxyl groups excluding tert-OH is 1. The van der Waals surface area contributed by atoms with Gasteiger partial charge in [-0.2, -0.15) is 0 Å². The number of amides is 1. The van der Waals surface area contributed by atoms with Gasteiger partial charge in [-0.1, -0.05) is 18.2 Å². The van der Waals surface area contributed by atoms with Gasteiger partial charge in [0, 0.05) is 24.1 Å². The van der Waals surface area contributed by atoms with Crippen molar-refractivity contribution in [1.82, 2.24) is 5.32 Å². The predicted molar refractivity (Wildman–Crippen MR) is 78.0 cm³/mol. The van der Waals surface area contributed by atoms with Crippen molar-refractivity contribution < 1.29 is 14.6 Å². The third-order valence-corrected chi connectivity index (χ3v) is 5.62. The molecule has 1 amide bonds. The fourth-order valence-electron chi connectivity index (χ4n) is 4.54. The van der Waals surface area contributed by atoms with Crippen LogP contribution in [0.15, 0.2) is 24.3 Å². The summed E-state index contributed by atoms with van der Waals surface area (Å²) in [6.07, 6.45) is 3.55. The molecule has 1 aromatic rings. The number of rotatable bonds is 3. The Hall–Kier alpha value is -1.55. The summed E-state index contributed by atoms with van der Waals surface area (Å²) in [7, 11) is 0. The van der Waals surface area contributed by atoms with Crippen molar-refractivity contribution in [3.8, 4) is 5.75 Å². The number of carbonyl (C=O) groups is 1. The van der Waals surface area contributed by atoms with Crippen LogP contribution in [0.4, 0.5) is 0 Å². The van der Waals surface area contributed by atoms with Gasteiger partial charge in [-0.3, -0.25) is 4.79 Å². The second kappa shape index (κ2) is 5.02. The van der Waals surface area contributed by atoms with E-state index in [0.717, 1.165) is 17.7 Å². The minimum absolute atomic E-state index is 0.0518. The molecule has 0 saturated heterocycles. The van der Waals surface area contributed by atoms with E-state index in [2.05, 4.69) is 5.32 Å². The lowest BCUT2D eigenvalue weighted by atomic mass is 9.84. The van der Waals surface area contributed by atoms with Crippen LogP contribution in [0.5, 0.6) is 5.75 Å². The molecule has 112 valence electrons. The predicted octanol–water partition coefficient (Wildman–Crippen LogP) is 1.69. The molecule has 1 aliphatic heterocycles. The summed E-state index contributed by atoms with van der Waals surface area (Å²) in [5, 5.41) is 12.8. The molecule has 4 nitrogen and oxygen atoms in total. The van der Waals surface area contributed by atoms with Gasteiger partial charge in [0.2, 0.25) is 5.91 Å². The van der Waals surface area contributed by atoms with E-state index in [1.54, 1.807) is 0 Å². The second-order valence-electron chi connectivity index (χ2n) is 6.62. The summed E-state index contributed by atoms with van der Waals surface area (Å²) in [5.74, 6) is 2.05. The lowest BCUT2D eigenvalue weighted by molar-refractivity contribution is -0.124. The van der Waals surface area contributed by atoms with Crippen LogP contribution in [0.25, 0.3) is 0 Å². The fraction of sp³-hybridized carbons (Fsp3) is 0.588. The first-order chi connectivity index (χ1) is 10.3. The molecule has 2 bridgehead atoms. The van der Waals surface area contributed by atoms with E-state index in [1.807, 2.05) is 24.3 Å². The van der Waals surface area contributed by atoms with Gasteiger partial charge in [-0.05, 0) is 37.2 Å². The largest absolute Gasteiger partial charge is 0.492 e. The number of nitrogens with one attached hydrogen (secondary N) is 1. The molecule has 5 atom stereocenters. The molecular formula is C17H21NO3. The third-order valence-electron chi connectivity index (χ3n) is 5.62. The van der Waals surface area contributed by atoms with Gasteiger partial charge in [-0.15, -0.1) is 0 Å². The van der Waals surface area contributed by atoms with Crippen molar-refractivity contribution in [1.29, 1.82) is 0 Å². The standard InChI is InChI=1S/C17H21NO3/c19-8-13-10-5-6-11(7-10)16(13)18-17(20)14-9-21-15-4-2-1-3-12(14)15/h1-4,10-11,13-14,16,19H,5-9H2,(H,18,20). The van der Waals surface area contributed by atoms with Crippen LogP contribution in [0.2, 0.25) is 0 Å². The van der Waals surface area contributed by atoms with Crippen molar-refractivity contribution in [2.24, 2.45) is 17.8 Å². The maximum absolute atomic E-state index is 12.6. The van der Waals surface area contributed by atoms with Gasteiger partial charge in [0.15, 0.2) is 0 Å². The Morgan fingerprint density at radius 3 is 2.95 bits per heavy atom. The number of ether oxygens (including phenoxy) is 1. The van der Waals surface area contributed by atoms with Gasteiger partial charge in [-0.25, -0.2) is 0 Å². The van der Waals surface area contributed by atoms with E-state index >= 15 is 0 Å². The highest BCUT2D eigenvalue weighted by Crippen LogP contribution is 2.48. The highest BCUT2D eigenvalue weighted by Gasteiger charge is 2.48. The Morgan fingerprint density at radius 2 is 2.10 bits per heavy atom. The molecule has 1 aromatic carbocycles. The molecule has 0 radical (unpaired) electrons. The Morgan fingerprint density at radius 1 is 1.29 bits per heavy atom. The van der Waals surface area contributed by atoms with Crippen molar-refractivity contribution >= 4 is 5.91 Å². The SMILES string of the molecule is O=C(NC1C2CCC(C2)C1CO)C1COc2ccccc21. The van der Waals surface area contributed by atoms with Crippen LogP contribution in [0, 0.1) is 17.8 Å². The lowest BCUT2D eigenvalue weighted by Crippen LogP contribution is -2.47. The van der Waals surface area contributed by atoms with Crippen LogP contribution in [-0.4, -0.2) is 30.3 Å². The van der Waals surface area contributed by atoms with Crippen molar-refractivity contribution in [3.05, 3.63) is 29.8 Å². The number of carbonyl (C=O) groups excluding carboxylic acids is 1. The fourth-order valence-corrected chi connectivity index (χ4v) is 4.54.